The van der Waals surface area contributed by atoms with Gasteiger partial charge in [-0.25, -0.2) is 4.39 Å². The molecule has 0 fully saturated rings. The first-order chi connectivity index (χ1) is 8.65. The van der Waals surface area contributed by atoms with Gasteiger partial charge in [0.15, 0.2) is 0 Å². The zero-order chi connectivity index (χ0) is 13.5. The lowest BCUT2D eigenvalue weighted by Crippen LogP contribution is -2.34. The van der Waals surface area contributed by atoms with Crippen LogP contribution in [0.1, 0.15) is 38.3 Å². The molecule has 0 heterocycles. The first-order valence-corrected chi connectivity index (χ1v) is 6.73. The van der Waals surface area contributed by atoms with Gasteiger partial charge < -0.3 is 10.1 Å². The van der Waals surface area contributed by atoms with E-state index in [9.17, 15) is 4.39 Å². The zero-order valence-electron chi connectivity index (χ0n) is 11.2. The largest absolute Gasteiger partial charge is 0.379 e. The fourth-order valence-electron chi connectivity index (χ4n) is 2.15. The molecular weight excluding hydrogens is 253 g/mol. The van der Waals surface area contributed by atoms with Crippen molar-refractivity contribution in [2.24, 2.45) is 0 Å². The lowest BCUT2D eigenvalue weighted by molar-refractivity contribution is 0.0600. The summed E-state index contributed by atoms with van der Waals surface area (Å²) < 4.78 is 19.5. The molecule has 0 saturated carbocycles. The molecule has 102 valence electrons. The highest BCUT2D eigenvalue weighted by Crippen LogP contribution is 2.30. The fourth-order valence-corrected chi connectivity index (χ4v) is 2.43. The second-order valence-corrected chi connectivity index (χ2v) is 4.64. The van der Waals surface area contributed by atoms with Crippen LogP contribution in [0.2, 0.25) is 5.02 Å². The molecule has 0 aliphatic rings. The standard InChI is InChI=1S/C14H21ClFNO/c1-4-7-12(18-3)14(17-5-2)13-10(15)8-6-9-11(13)16/h6,8-9,12,14,17H,4-5,7H2,1-3H3. The summed E-state index contributed by atoms with van der Waals surface area (Å²) in [6, 6.07) is 4.55. The Morgan fingerprint density at radius 3 is 2.61 bits per heavy atom. The van der Waals surface area contributed by atoms with Gasteiger partial charge in [0.25, 0.3) is 0 Å². The van der Waals surface area contributed by atoms with Gasteiger partial charge in [-0.05, 0) is 25.1 Å². The maximum Gasteiger partial charge on any atom is 0.129 e. The van der Waals surface area contributed by atoms with Gasteiger partial charge in [-0.15, -0.1) is 0 Å². The molecule has 1 aromatic carbocycles. The van der Waals surface area contributed by atoms with Crippen LogP contribution in [-0.2, 0) is 4.74 Å². The van der Waals surface area contributed by atoms with Crippen molar-refractivity contribution < 1.29 is 9.13 Å². The lowest BCUT2D eigenvalue weighted by atomic mass is 9.97. The third-order valence-electron chi connectivity index (χ3n) is 2.98. The van der Waals surface area contributed by atoms with E-state index >= 15 is 0 Å². The Balaban J connectivity index is 3.09. The minimum Gasteiger partial charge on any atom is -0.379 e. The summed E-state index contributed by atoms with van der Waals surface area (Å²) >= 11 is 6.13. The third kappa shape index (κ3) is 3.67. The molecule has 0 aliphatic heterocycles. The first kappa shape index (κ1) is 15.4. The molecule has 0 amide bonds. The molecule has 1 aromatic rings. The van der Waals surface area contributed by atoms with Crippen molar-refractivity contribution >= 4 is 11.6 Å². The van der Waals surface area contributed by atoms with Crippen molar-refractivity contribution in [3.05, 3.63) is 34.6 Å². The molecule has 0 spiro atoms. The molecule has 2 nitrogen and oxygen atoms in total. The van der Waals surface area contributed by atoms with Crippen LogP contribution in [0.3, 0.4) is 0 Å². The number of likely N-dealkylation sites (N-methyl/N-ethyl adjacent to an activating group) is 1. The van der Waals surface area contributed by atoms with Gasteiger partial charge in [0.2, 0.25) is 0 Å². The van der Waals surface area contributed by atoms with Crippen molar-refractivity contribution in [1.82, 2.24) is 5.32 Å². The third-order valence-corrected chi connectivity index (χ3v) is 3.31. The molecular formula is C14H21ClFNO. The van der Waals surface area contributed by atoms with Crippen molar-refractivity contribution in [2.45, 2.75) is 38.8 Å². The number of rotatable bonds is 7. The number of benzene rings is 1. The monoisotopic (exact) mass is 273 g/mol. The highest BCUT2D eigenvalue weighted by Gasteiger charge is 2.26. The Bertz CT molecular complexity index is 353. The summed E-state index contributed by atoms with van der Waals surface area (Å²) in [7, 11) is 1.65. The van der Waals surface area contributed by atoms with Crippen molar-refractivity contribution in [1.29, 1.82) is 0 Å². The summed E-state index contributed by atoms with van der Waals surface area (Å²) in [5, 5.41) is 3.71. The maximum absolute atomic E-state index is 14.0. The number of hydrogen-bond acceptors (Lipinski definition) is 2. The molecule has 1 N–H and O–H groups in total. The minimum absolute atomic E-state index is 0.0793. The quantitative estimate of drug-likeness (QED) is 0.812. The van der Waals surface area contributed by atoms with Crippen LogP contribution in [0.25, 0.3) is 0 Å². The Kier molecular flexibility index (Phi) is 6.61. The van der Waals surface area contributed by atoms with E-state index in [-0.39, 0.29) is 18.0 Å². The molecule has 0 saturated heterocycles. The molecule has 1 rings (SSSR count). The van der Waals surface area contributed by atoms with Crippen LogP contribution in [0.15, 0.2) is 18.2 Å². The van der Waals surface area contributed by atoms with Gasteiger partial charge in [-0.3, -0.25) is 0 Å². The Labute approximate surface area is 113 Å². The van der Waals surface area contributed by atoms with E-state index in [2.05, 4.69) is 12.2 Å². The summed E-state index contributed by atoms with van der Waals surface area (Å²) in [4.78, 5) is 0. The average Bonchev–Trinajstić information content (AvgIpc) is 2.35. The van der Waals surface area contributed by atoms with Gasteiger partial charge >= 0.3 is 0 Å². The van der Waals surface area contributed by atoms with Gasteiger partial charge in [0.1, 0.15) is 5.82 Å². The van der Waals surface area contributed by atoms with E-state index in [0.717, 1.165) is 19.4 Å². The highest BCUT2D eigenvalue weighted by atomic mass is 35.5. The predicted molar refractivity (Wildman–Crippen MR) is 73.5 cm³/mol. The van der Waals surface area contributed by atoms with Crippen LogP contribution >= 0.6 is 11.6 Å². The number of halogens is 2. The Hall–Kier alpha value is -0.640. The molecule has 0 aliphatic carbocycles. The topological polar surface area (TPSA) is 21.3 Å². The Morgan fingerprint density at radius 1 is 1.39 bits per heavy atom. The highest BCUT2D eigenvalue weighted by molar-refractivity contribution is 6.31. The van der Waals surface area contributed by atoms with Crippen LogP contribution in [0, 0.1) is 5.82 Å². The summed E-state index contributed by atoms with van der Waals surface area (Å²) in [5.74, 6) is -0.286. The van der Waals surface area contributed by atoms with E-state index in [1.165, 1.54) is 6.07 Å². The van der Waals surface area contributed by atoms with Crippen molar-refractivity contribution in [3.8, 4) is 0 Å². The minimum atomic E-state index is -0.286. The van der Waals surface area contributed by atoms with Crippen LogP contribution in [0.5, 0.6) is 0 Å². The summed E-state index contributed by atoms with van der Waals surface area (Å²) in [6.07, 6.45) is 1.76. The predicted octanol–water partition coefficient (Wildman–Crippen LogP) is 3.94. The number of ether oxygens (including phenoxy) is 1. The zero-order valence-corrected chi connectivity index (χ0v) is 11.9. The smallest absolute Gasteiger partial charge is 0.129 e. The SMILES string of the molecule is CCCC(OC)C(NCC)c1c(F)cccc1Cl. The van der Waals surface area contributed by atoms with E-state index in [4.69, 9.17) is 16.3 Å². The lowest BCUT2D eigenvalue weighted by Gasteiger charge is -2.28. The van der Waals surface area contributed by atoms with E-state index in [1.807, 2.05) is 6.92 Å². The van der Waals surface area contributed by atoms with E-state index < -0.39 is 0 Å². The Morgan fingerprint density at radius 2 is 2.11 bits per heavy atom. The van der Waals surface area contributed by atoms with Crippen molar-refractivity contribution in [2.75, 3.05) is 13.7 Å². The van der Waals surface area contributed by atoms with Crippen LogP contribution in [-0.4, -0.2) is 19.8 Å². The second kappa shape index (κ2) is 7.72. The first-order valence-electron chi connectivity index (χ1n) is 6.35. The molecule has 0 aromatic heterocycles. The normalized spacial score (nSPS) is 14.5. The average molecular weight is 274 g/mol. The van der Waals surface area contributed by atoms with Crippen molar-refractivity contribution in [3.63, 3.8) is 0 Å². The second-order valence-electron chi connectivity index (χ2n) is 4.23. The summed E-state index contributed by atoms with van der Waals surface area (Å²) in [5.41, 5.74) is 0.501. The van der Waals surface area contributed by atoms with Gasteiger partial charge in [-0.1, -0.05) is 37.9 Å². The number of nitrogens with one attached hydrogen (secondary N) is 1. The van der Waals surface area contributed by atoms with Gasteiger partial charge in [0.05, 0.1) is 12.1 Å². The molecule has 4 heteroatoms. The molecule has 18 heavy (non-hydrogen) atoms. The number of hydrogen-bond donors (Lipinski definition) is 1. The molecule has 0 bridgehead atoms. The van der Waals surface area contributed by atoms with Gasteiger partial charge in [-0.2, -0.15) is 0 Å². The van der Waals surface area contributed by atoms with Gasteiger partial charge in [0, 0.05) is 17.7 Å². The van der Waals surface area contributed by atoms with E-state index in [0.29, 0.717) is 10.6 Å². The van der Waals surface area contributed by atoms with Crippen LogP contribution in [0.4, 0.5) is 4.39 Å². The molecule has 2 atom stereocenters. The molecule has 0 radical (unpaired) electrons. The molecule has 2 unspecified atom stereocenters. The van der Waals surface area contributed by atoms with E-state index in [1.54, 1.807) is 19.2 Å². The number of methoxy groups -OCH3 is 1. The van der Waals surface area contributed by atoms with Crippen LogP contribution < -0.4 is 5.32 Å². The summed E-state index contributed by atoms with van der Waals surface area (Å²) in [6.45, 7) is 4.80. The maximum atomic E-state index is 14.0. The fraction of sp³-hybridized carbons (Fsp3) is 0.571.